The van der Waals surface area contributed by atoms with Gasteiger partial charge in [-0.25, -0.2) is 0 Å². The number of hydrogen-bond donors (Lipinski definition) is 0. The Labute approximate surface area is 149 Å². The summed E-state index contributed by atoms with van der Waals surface area (Å²) in [4.78, 5) is 0. The Bertz CT molecular complexity index is 465. The van der Waals surface area contributed by atoms with Crippen molar-refractivity contribution in [2.24, 2.45) is 11.8 Å². The van der Waals surface area contributed by atoms with E-state index in [1.807, 2.05) is 6.92 Å². The minimum atomic E-state index is -0.220. The second-order valence-corrected chi connectivity index (χ2v) is 8.37. The standard InChI is InChI=1S/C19H30O6/c1-11(20-8-12-2-4-15-17(6-12)24-15)23-14-9-21-19(22-10-14)13-3-5-16-18(7-13)25-16/h11-19H,2-10H2,1H3. The molecule has 2 saturated carbocycles. The van der Waals surface area contributed by atoms with Crippen LogP contribution in [0.25, 0.3) is 0 Å². The van der Waals surface area contributed by atoms with Crippen LogP contribution in [0.2, 0.25) is 0 Å². The lowest BCUT2D eigenvalue weighted by Gasteiger charge is -2.35. The van der Waals surface area contributed by atoms with Gasteiger partial charge in [0.1, 0.15) is 6.10 Å². The van der Waals surface area contributed by atoms with E-state index in [2.05, 4.69) is 0 Å². The summed E-state index contributed by atoms with van der Waals surface area (Å²) in [5, 5.41) is 0. The topological polar surface area (TPSA) is 62.0 Å². The molecule has 0 spiro atoms. The van der Waals surface area contributed by atoms with Crippen molar-refractivity contribution in [3.05, 3.63) is 0 Å². The smallest absolute Gasteiger partial charge is 0.160 e. The lowest BCUT2D eigenvalue weighted by molar-refractivity contribution is -0.275. The zero-order valence-electron chi connectivity index (χ0n) is 15.0. The zero-order valence-corrected chi connectivity index (χ0v) is 15.0. The highest BCUT2D eigenvalue weighted by molar-refractivity contribution is 4.93. The second-order valence-electron chi connectivity index (χ2n) is 8.37. The molecule has 6 nitrogen and oxygen atoms in total. The van der Waals surface area contributed by atoms with Crippen LogP contribution >= 0.6 is 0 Å². The summed E-state index contributed by atoms with van der Waals surface area (Å²) in [5.41, 5.74) is 0. The number of ether oxygens (including phenoxy) is 6. The van der Waals surface area contributed by atoms with Crippen LogP contribution in [0.5, 0.6) is 0 Å². The van der Waals surface area contributed by atoms with Gasteiger partial charge in [0.2, 0.25) is 0 Å². The molecule has 0 amide bonds. The van der Waals surface area contributed by atoms with Crippen LogP contribution in [0.3, 0.4) is 0 Å². The largest absolute Gasteiger partial charge is 0.370 e. The molecule has 142 valence electrons. The van der Waals surface area contributed by atoms with Crippen LogP contribution in [-0.4, -0.2) is 62.9 Å². The van der Waals surface area contributed by atoms with Crippen LogP contribution in [0.4, 0.5) is 0 Å². The fraction of sp³-hybridized carbons (Fsp3) is 1.00. The van der Waals surface area contributed by atoms with Crippen LogP contribution in [0, 0.1) is 11.8 Å². The zero-order chi connectivity index (χ0) is 16.8. The molecule has 0 bridgehead atoms. The molecule has 5 fully saturated rings. The fourth-order valence-corrected chi connectivity index (χ4v) is 4.75. The van der Waals surface area contributed by atoms with Crippen molar-refractivity contribution in [1.82, 2.24) is 0 Å². The van der Waals surface area contributed by atoms with E-state index in [4.69, 9.17) is 28.4 Å². The van der Waals surface area contributed by atoms with Crippen molar-refractivity contribution >= 4 is 0 Å². The average Bonchev–Trinajstić information content (AvgIpc) is 3.53. The third kappa shape index (κ3) is 4.04. The molecular formula is C19H30O6. The number of rotatable bonds is 6. The minimum Gasteiger partial charge on any atom is -0.370 e. The SMILES string of the molecule is CC(OCC1CCC2OC2C1)OC1COC(C2CCC3OC3C2)OC1. The molecule has 5 aliphatic rings. The van der Waals surface area contributed by atoms with Gasteiger partial charge in [0.15, 0.2) is 12.6 Å². The maximum absolute atomic E-state index is 5.96. The molecule has 3 aliphatic heterocycles. The fourth-order valence-electron chi connectivity index (χ4n) is 4.75. The van der Waals surface area contributed by atoms with Gasteiger partial charge in [-0.3, -0.25) is 0 Å². The highest BCUT2D eigenvalue weighted by Gasteiger charge is 2.47. The summed E-state index contributed by atoms with van der Waals surface area (Å²) in [6.07, 6.45) is 8.60. The molecule has 0 N–H and O–H groups in total. The third-order valence-electron chi connectivity index (χ3n) is 6.39. The Hall–Kier alpha value is -0.240. The van der Waals surface area contributed by atoms with Gasteiger partial charge in [0, 0.05) is 5.92 Å². The molecule has 3 heterocycles. The van der Waals surface area contributed by atoms with Gasteiger partial charge < -0.3 is 28.4 Å². The second kappa shape index (κ2) is 7.06. The lowest BCUT2D eigenvalue weighted by atomic mass is 9.88. The van der Waals surface area contributed by atoms with Gasteiger partial charge >= 0.3 is 0 Å². The van der Waals surface area contributed by atoms with Crippen molar-refractivity contribution in [3.8, 4) is 0 Å². The normalized spacial score (nSPS) is 49.8. The highest BCUT2D eigenvalue weighted by Crippen LogP contribution is 2.42. The van der Waals surface area contributed by atoms with Gasteiger partial charge in [0.05, 0.1) is 44.2 Å². The van der Waals surface area contributed by atoms with Crippen molar-refractivity contribution < 1.29 is 28.4 Å². The average molecular weight is 354 g/mol. The van der Waals surface area contributed by atoms with Crippen LogP contribution in [-0.2, 0) is 28.4 Å². The Kier molecular flexibility index (Phi) is 4.77. The lowest BCUT2D eigenvalue weighted by Crippen LogP contribution is -2.43. The summed E-state index contributed by atoms with van der Waals surface area (Å²) in [7, 11) is 0. The molecule has 5 rings (SSSR count). The van der Waals surface area contributed by atoms with Gasteiger partial charge in [0.25, 0.3) is 0 Å². The Morgan fingerprint density at radius 1 is 0.880 bits per heavy atom. The quantitative estimate of drug-likeness (QED) is 0.538. The van der Waals surface area contributed by atoms with E-state index in [9.17, 15) is 0 Å². The number of epoxide rings is 2. The molecule has 0 radical (unpaired) electrons. The van der Waals surface area contributed by atoms with Crippen LogP contribution in [0.15, 0.2) is 0 Å². The summed E-state index contributed by atoms with van der Waals surface area (Å²) < 4.78 is 34.9. The molecule has 0 aromatic heterocycles. The predicted octanol–water partition coefficient (Wildman–Crippen LogP) is 2.24. The molecule has 0 aromatic rings. The molecule has 2 aliphatic carbocycles. The summed E-state index contributed by atoms with van der Waals surface area (Å²) in [5.74, 6) is 1.08. The van der Waals surface area contributed by atoms with Gasteiger partial charge in [-0.05, 0) is 51.4 Å². The summed E-state index contributed by atoms with van der Waals surface area (Å²) in [6.45, 7) is 3.90. The molecule has 7 unspecified atom stereocenters. The molecular weight excluding hydrogens is 324 g/mol. The van der Waals surface area contributed by atoms with E-state index in [0.29, 0.717) is 49.5 Å². The first-order chi connectivity index (χ1) is 12.2. The highest BCUT2D eigenvalue weighted by atomic mass is 16.7. The number of hydrogen-bond acceptors (Lipinski definition) is 6. The minimum absolute atomic E-state index is 0.0396. The Morgan fingerprint density at radius 3 is 2.32 bits per heavy atom. The maximum Gasteiger partial charge on any atom is 0.160 e. The molecule has 25 heavy (non-hydrogen) atoms. The van der Waals surface area contributed by atoms with E-state index in [1.54, 1.807) is 0 Å². The van der Waals surface area contributed by atoms with Gasteiger partial charge in [-0.2, -0.15) is 0 Å². The molecule has 7 atom stereocenters. The predicted molar refractivity (Wildman–Crippen MR) is 88.0 cm³/mol. The summed E-state index contributed by atoms with van der Waals surface area (Å²) >= 11 is 0. The van der Waals surface area contributed by atoms with Crippen molar-refractivity contribution in [1.29, 1.82) is 0 Å². The van der Waals surface area contributed by atoms with E-state index < -0.39 is 0 Å². The van der Waals surface area contributed by atoms with Crippen LogP contribution in [0.1, 0.15) is 45.4 Å². The first-order valence-electron chi connectivity index (χ1n) is 10.1. The molecule has 3 saturated heterocycles. The van der Waals surface area contributed by atoms with Gasteiger partial charge in [-0.1, -0.05) is 0 Å². The Balaban J connectivity index is 0.992. The molecule has 6 heteroatoms. The van der Waals surface area contributed by atoms with Crippen molar-refractivity contribution in [3.63, 3.8) is 0 Å². The first-order valence-corrected chi connectivity index (χ1v) is 10.1. The van der Waals surface area contributed by atoms with E-state index >= 15 is 0 Å². The van der Waals surface area contributed by atoms with E-state index in [-0.39, 0.29) is 18.7 Å². The molecule has 0 aromatic carbocycles. The first kappa shape index (κ1) is 16.9. The Morgan fingerprint density at radius 2 is 1.60 bits per heavy atom. The maximum atomic E-state index is 5.96. The number of fused-ring (bicyclic) bond motifs is 2. The van der Waals surface area contributed by atoms with E-state index in [1.165, 1.54) is 12.8 Å². The monoisotopic (exact) mass is 354 g/mol. The third-order valence-corrected chi connectivity index (χ3v) is 6.39. The van der Waals surface area contributed by atoms with Crippen LogP contribution < -0.4 is 0 Å². The van der Waals surface area contributed by atoms with Crippen molar-refractivity contribution in [2.45, 2.75) is 88.5 Å². The van der Waals surface area contributed by atoms with Crippen molar-refractivity contribution in [2.75, 3.05) is 19.8 Å². The van der Waals surface area contributed by atoms with Gasteiger partial charge in [-0.15, -0.1) is 0 Å². The summed E-state index contributed by atoms with van der Waals surface area (Å²) in [6, 6.07) is 0. The van der Waals surface area contributed by atoms with E-state index in [0.717, 1.165) is 32.3 Å².